The Morgan fingerprint density at radius 3 is 2.24 bits per heavy atom. The summed E-state index contributed by atoms with van der Waals surface area (Å²) in [4.78, 5) is 0. The summed E-state index contributed by atoms with van der Waals surface area (Å²) in [6.45, 7) is 2.01. The lowest BCUT2D eigenvalue weighted by Gasteiger charge is -2.26. The zero-order valence-electron chi connectivity index (χ0n) is 12.4. The molecular weight excluding hydrogens is 285 g/mol. The molecule has 0 aliphatic rings. The average Bonchev–Trinajstić information content (AvgIpc) is 2.53. The highest BCUT2D eigenvalue weighted by atomic mass is 31.2. The monoisotopic (exact) mass is 305 g/mol. The fourth-order valence-corrected chi connectivity index (χ4v) is 3.57. The van der Waals surface area contributed by atoms with Crippen LogP contribution in [0.1, 0.15) is 16.9 Å². The van der Waals surface area contributed by atoms with Crippen LogP contribution in [0.25, 0.3) is 0 Å². The zero-order valence-corrected chi connectivity index (χ0v) is 13.3. The lowest BCUT2D eigenvalue weighted by atomic mass is 10.2. The normalized spacial score (nSPS) is 12.9. The number of nitrogens with one attached hydrogen (secondary N) is 1. The van der Waals surface area contributed by atoms with Crippen LogP contribution in [0, 0.1) is 6.92 Å². The van der Waals surface area contributed by atoms with Crippen molar-refractivity contribution in [2.75, 3.05) is 19.5 Å². The van der Waals surface area contributed by atoms with Gasteiger partial charge in [0.15, 0.2) is 5.78 Å². The molecule has 0 aromatic heterocycles. The van der Waals surface area contributed by atoms with E-state index in [2.05, 4.69) is 5.32 Å². The third-order valence-electron chi connectivity index (χ3n) is 3.26. The Labute approximate surface area is 125 Å². The number of anilines is 1. The Hall–Kier alpha value is -1.61. The standard InChI is InChI=1S/C16H20NO3P/c1-13-8-7-11-15(12-13)17-16(21(18,19-2)20-3)14-9-5-4-6-10-14/h4-12,16-17H,1-3H3. The summed E-state index contributed by atoms with van der Waals surface area (Å²) in [7, 11) is -0.503. The second kappa shape index (κ2) is 6.90. The van der Waals surface area contributed by atoms with E-state index in [0.717, 1.165) is 16.8 Å². The molecule has 1 atom stereocenters. The maximum Gasteiger partial charge on any atom is 0.356 e. The summed E-state index contributed by atoms with van der Waals surface area (Å²) in [5.74, 6) is -0.560. The predicted molar refractivity (Wildman–Crippen MR) is 85.6 cm³/mol. The summed E-state index contributed by atoms with van der Waals surface area (Å²) in [5, 5.41) is 3.27. The number of aryl methyl sites for hydroxylation is 1. The molecule has 1 N–H and O–H groups in total. The molecule has 2 aromatic carbocycles. The molecule has 0 fully saturated rings. The molecule has 112 valence electrons. The first-order valence-corrected chi connectivity index (χ1v) is 8.29. The summed E-state index contributed by atoms with van der Waals surface area (Å²) in [5.41, 5.74) is 2.85. The minimum atomic E-state index is -3.30. The lowest BCUT2D eigenvalue weighted by molar-refractivity contribution is 0.268. The molecule has 0 bridgehead atoms. The first-order valence-electron chi connectivity index (χ1n) is 6.68. The third-order valence-corrected chi connectivity index (χ3v) is 5.34. The molecule has 21 heavy (non-hydrogen) atoms. The van der Waals surface area contributed by atoms with Crippen molar-refractivity contribution >= 4 is 13.3 Å². The largest absolute Gasteiger partial charge is 0.368 e. The minimum absolute atomic E-state index is 0.560. The molecule has 0 aliphatic carbocycles. The van der Waals surface area contributed by atoms with E-state index in [-0.39, 0.29) is 0 Å². The Balaban J connectivity index is 2.39. The molecular formula is C16H20NO3P. The van der Waals surface area contributed by atoms with E-state index in [1.807, 2.05) is 61.5 Å². The van der Waals surface area contributed by atoms with Crippen LogP contribution in [0.5, 0.6) is 0 Å². The molecule has 2 aromatic rings. The summed E-state index contributed by atoms with van der Waals surface area (Å²) in [6.07, 6.45) is 0. The predicted octanol–water partition coefficient (Wildman–Crippen LogP) is 4.59. The van der Waals surface area contributed by atoms with Crippen molar-refractivity contribution in [3.05, 3.63) is 65.7 Å². The molecule has 5 heteroatoms. The maximum absolute atomic E-state index is 12.8. The van der Waals surface area contributed by atoms with Crippen LogP contribution in [0.4, 0.5) is 5.69 Å². The molecule has 0 radical (unpaired) electrons. The first-order chi connectivity index (χ1) is 10.1. The topological polar surface area (TPSA) is 47.6 Å². The van der Waals surface area contributed by atoms with Crippen LogP contribution in [0.2, 0.25) is 0 Å². The van der Waals surface area contributed by atoms with E-state index in [9.17, 15) is 4.57 Å². The van der Waals surface area contributed by atoms with Gasteiger partial charge in [0, 0.05) is 19.9 Å². The van der Waals surface area contributed by atoms with Gasteiger partial charge in [-0.1, -0.05) is 42.5 Å². The van der Waals surface area contributed by atoms with E-state index in [0.29, 0.717) is 0 Å². The van der Waals surface area contributed by atoms with E-state index in [1.54, 1.807) is 0 Å². The third kappa shape index (κ3) is 3.73. The lowest BCUT2D eigenvalue weighted by Crippen LogP contribution is -2.13. The molecule has 0 spiro atoms. The highest BCUT2D eigenvalue weighted by molar-refractivity contribution is 7.54. The van der Waals surface area contributed by atoms with Crippen LogP contribution in [-0.2, 0) is 13.6 Å². The van der Waals surface area contributed by atoms with Crippen molar-refractivity contribution in [2.24, 2.45) is 0 Å². The van der Waals surface area contributed by atoms with Crippen molar-refractivity contribution in [1.29, 1.82) is 0 Å². The fraction of sp³-hybridized carbons (Fsp3) is 0.250. The molecule has 0 heterocycles. The van der Waals surface area contributed by atoms with Gasteiger partial charge >= 0.3 is 7.60 Å². The SMILES string of the molecule is COP(=O)(OC)C(Nc1cccc(C)c1)c1ccccc1. The smallest absolute Gasteiger partial charge is 0.356 e. The number of rotatable bonds is 6. The second-order valence-electron chi connectivity index (χ2n) is 4.73. The summed E-state index contributed by atoms with van der Waals surface area (Å²) < 4.78 is 23.2. The van der Waals surface area contributed by atoms with Gasteiger partial charge in [0.25, 0.3) is 0 Å². The quantitative estimate of drug-likeness (QED) is 0.793. The van der Waals surface area contributed by atoms with Gasteiger partial charge < -0.3 is 14.4 Å². The first kappa shape index (κ1) is 15.8. The van der Waals surface area contributed by atoms with Gasteiger partial charge in [0.05, 0.1) is 0 Å². The van der Waals surface area contributed by atoms with E-state index in [4.69, 9.17) is 9.05 Å². The summed E-state index contributed by atoms with van der Waals surface area (Å²) in [6, 6.07) is 17.4. The van der Waals surface area contributed by atoms with Crippen LogP contribution in [0.15, 0.2) is 54.6 Å². The van der Waals surface area contributed by atoms with Crippen LogP contribution >= 0.6 is 7.60 Å². The Morgan fingerprint density at radius 2 is 1.67 bits per heavy atom. The maximum atomic E-state index is 12.8. The summed E-state index contributed by atoms with van der Waals surface area (Å²) >= 11 is 0. The zero-order chi connectivity index (χ0) is 15.3. The molecule has 1 unspecified atom stereocenters. The van der Waals surface area contributed by atoms with Crippen LogP contribution < -0.4 is 5.32 Å². The van der Waals surface area contributed by atoms with Gasteiger partial charge in [0.1, 0.15) is 0 Å². The van der Waals surface area contributed by atoms with Gasteiger partial charge in [-0.05, 0) is 30.2 Å². The van der Waals surface area contributed by atoms with E-state index >= 15 is 0 Å². The molecule has 0 aliphatic heterocycles. The fourth-order valence-electron chi connectivity index (χ4n) is 2.16. The Kier molecular flexibility index (Phi) is 5.18. The van der Waals surface area contributed by atoms with Gasteiger partial charge in [-0.25, -0.2) is 0 Å². The van der Waals surface area contributed by atoms with Crippen molar-refractivity contribution < 1.29 is 13.6 Å². The van der Waals surface area contributed by atoms with Gasteiger partial charge in [-0.2, -0.15) is 0 Å². The van der Waals surface area contributed by atoms with Gasteiger partial charge in [0.2, 0.25) is 0 Å². The van der Waals surface area contributed by atoms with E-state index in [1.165, 1.54) is 14.2 Å². The van der Waals surface area contributed by atoms with Crippen molar-refractivity contribution in [2.45, 2.75) is 12.7 Å². The number of benzene rings is 2. The van der Waals surface area contributed by atoms with Crippen molar-refractivity contribution in [3.63, 3.8) is 0 Å². The van der Waals surface area contributed by atoms with Crippen molar-refractivity contribution in [1.82, 2.24) is 0 Å². The highest BCUT2D eigenvalue weighted by Gasteiger charge is 2.35. The highest BCUT2D eigenvalue weighted by Crippen LogP contribution is 2.59. The molecule has 0 saturated carbocycles. The molecule has 4 nitrogen and oxygen atoms in total. The van der Waals surface area contributed by atoms with Gasteiger partial charge in [-0.3, -0.25) is 4.57 Å². The Bertz CT molecular complexity index is 622. The average molecular weight is 305 g/mol. The van der Waals surface area contributed by atoms with Crippen LogP contribution in [0.3, 0.4) is 0 Å². The minimum Gasteiger partial charge on any atom is -0.368 e. The number of hydrogen-bond acceptors (Lipinski definition) is 4. The number of hydrogen-bond donors (Lipinski definition) is 1. The molecule has 2 rings (SSSR count). The van der Waals surface area contributed by atoms with Crippen LogP contribution in [-0.4, -0.2) is 14.2 Å². The van der Waals surface area contributed by atoms with Crippen molar-refractivity contribution in [3.8, 4) is 0 Å². The molecule has 0 amide bonds. The molecule has 0 saturated heterocycles. The van der Waals surface area contributed by atoms with Gasteiger partial charge in [-0.15, -0.1) is 0 Å². The Morgan fingerprint density at radius 1 is 1.00 bits per heavy atom. The van der Waals surface area contributed by atoms with E-state index < -0.39 is 13.4 Å². The second-order valence-corrected chi connectivity index (χ2v) is 7.06.